The predicted molar refractivity (Wildman–Crippen MR) is 74.8 cm³/mol. The maximum Gasteiger partial charge on any atom is 0.317 e. The summed E-state index contributed by atoms with van der Waals surface area (Å²) in [4.78, 5) is 17.5. The minimum absolute atomic E-state index is 0.218. The Bertz CT molecular complexity index is 580. The number of nitrogens with one attached hydrogen (secondary N) is 1. The van der Waals surface area contributed by atoms with Gasteiger partial charge in [-0.25, -0.2) is 4.79 Å². The van der Waals surface area contributed by atoms with E-state index in [1.54, 1.807) is 13.1 Å². The average Bonchev–Trinajstić information content (AvgIpc) is 2.95. The van der Waals surface area contributed by atoms with Crippen LogP contribution in [0.15, 0.2) is 47.5 Å². The molecule has 0 atom stereocenters. The molecule has 1 aromatic carbocycles. The molecule has 0 spiro atoms. The highest BCUT2D eigenvalue weighted by atomic mass is 16.5. The van der Waals surface area contributed by atoms with Gasteiger partial charge in [-0.2, -0.15) is 4.98 Å². The van der Waals surface area contributed by atoms with Crippen LogP contribution in [0, 0.1) is 0 Å². The number of urea groups is 1. The third kappa shape index (κ3) is 3.23. The fourth-order valence-corrected chi connectivity index (χ4v) is 1.72. The van der Waals surface area contributed by atoms with Crippen LogP contribution in [-0.4, -0.2) is 34.7 Å². The molecule has 1 N–H and O–H groups in total. The van der Waals surface area contributed by atoms with Gasteiger partial charge in [0.2, 0.25) is 11.7 Å². The second-order valence-corrected chi connectivity index (χ2v) is 4.10. The Morgan fingerprint density at radius 3 is 2.85 bits per heavy atom. The average molecular weight is 272 g/mol. The Morgan fingerprint density at radius 2 is 2.20 bits per heavy atom. The zero-order valence-corrected chi connectivity index (χ0v) is 11.2. The van der Waals surface area contributed by atoms with Crippen molar-refractivity contribution in [3.8, 4) is 11.4 Å². The summed E-state index contributed by atoms with van der Waals surface area (Å²) in [6, 6.07) is 9.30. The summed E-state index contributed by atoms with van der Waals surface area (Å²) in [5, 5.41) is 6.47. The van der Waals surface area contributed by atoms with Crippen molar-refractivity contribution in [2.24, 2.45) is 0 Å². The lowest BCUT2D eigenvalue weighted by atomic mass is 10.2. The van der Waals surface area contributed by atoms with Crippen LogP contribution in [0.25, 0.3) is 11.4 Å². The molecule has 104 valence electrons. The third-order valence-electron chi connectivity index (χ3n) is 2.68. The lowest BCUT2D eigenvalue weighted by molar-refractivity contribution is 0.195. The van der Waals surface area contributed by atoms with Crippen molar-refractivity contribution >= 4 is 6.03 Å². The monoisotopic (exact) mass is 272 g/mol. The fourth-order valence-electron chi connectivity index (χ4n) is 1.72. The molecule has 2 amide bonds. The molecule has 0 bridgehead atoms. The summed E-state index contributed by atoms with van der Waals surface area (Å²) < 4.78 is 5.17. The molecule has 0 unspecified atom stereocenters. The number of hydrogen-bond donors (Lipinski definition) is 1. The van der Waals surface area contributed by atoms with Crippen molar-refractivity contribution in [1.82, 2.24) is 20.4 Å². The van der Waals surface area contributed by atoms with Crippen LogP contribution in [-0.2, 0) is 6.54 Å². The van der Waals surface area contributed by atoms with Crippen LogP contribution in [0.3, 0.4) is 0 Å². The number of amides is 2. The van der Waals surface area contributed by atoms with E-state index in [0.717, 1.165) is 5.56 Å². The number of benzene rings is 1. The van der Waals surface area contributed by atoms with Gasteiger partial charge in [0, 0.05) is 19.2 Å². The molecule has 2 rings (SSSR count). The molecule has 1 aromatic heterocycles. The van der Waals surface area contributed by atoms with Gasteiger partial charge in [0.1, 0.15) is 6.54 Å². The number of rotatable bonds is 5. The maximum absolute atomic E-state index is 11.7. The first-order chi connectivity index (χ1) is 9.74. The van der Waals surface area contributed by atoms with Crippen molar-refractivity contribution in [2.45, 2.75) is 6.54 Å². The lowest BCUT2D eigenvalue weighted by Crippen LogP contribution is -2.37. The summed E-state index contributed by atoms with van der Waals surface area (Å²) in [5.74, 6) is 0.894. The molecule has 0 saturated carbocycles. The minimum Gasteiger partial charge on any atom is -0.341 e. The molecule has 0 saturated heterocycles. The smallest absolute Gasteiger partial charge is 0.317 e. The largest absolute Gasteiger partial charge is 0.341 e. The van der Waals surface area contributed by atoms with E-state index in [9.17, 15) is 4.79 Å². The molecule has 2 aromatic rings. The van der Waals surface area contributed by atoms with E-state index in [0.29, 0.717) is 18.3 Å². The van der Waals surface area contributed by atoms with Crippen molar-refractivity contribution in [2.75, 3.05) is 13.6 Å². The highest BCUT2D eigenvalue weighted by Gasteiger charge is 2.15. The standard InChI is InChI=1S/C14H16N4O2/c1-3-9-18(14(19)15-2)10-12-16-13(17-20-12)11-7-5-4-6-8-11/h3-8H,1,9-10H2,2H3,(H,15,19). The number of carbonyl (C=O) groups is 1. The number of aromatic nitrogens is 2. The lowest BCUT2D eigenvalue weighted by Gasteiger charge is -2.17. The van der Waals surface area contributed by atoms with Crippen molar-refractivity contribution in [1.29, 1.82) is 0 Å². The topological polar surface area (TPSA) is 71.3 Å². The Morgan fingerprint density at radius 1 is 1.45 bits per heavy atom. The first kappa shape index (κ1) is 13.8. The Hall–Kier alpha value is -2.63. The van der Waals surface area contributed by atoms with E-state index in [1.807, 2.05) is 30.3 Å². The van der Waals surface area contributed by atoms with Gasteiger partial charge in [0.25, 0.3) is 0 Å². The van der Waals surface area contributed by atoms with Crippen LogP contribution in [0.1, 0.15) is 5.89 Å². The zero-order valence-electron chi connectivity index (χ0n) is 11.2. The molecule has 0 radical (unpaired) electrons. The Labute approximate surface area is 117 Å². The van der Waals surface area contributed by atoms with Crippen molar-refractivity contribution in [3.63, 3.8) is 0 Å². The SMILES string of the molecule is C=CCN(Cc1nc(-c2ccccc2)no1)C(=O)NC. The quantitative estimate of drug-likeness (QED) is 0.846. The van der Waals surface area contributed by atoms with E-state index in [4.69, 9.17) is 4.52 Å². The highest BCUT2D eigenvalue weighted by Crippen LogP contribution is 2.15. The molecule has 6 heteroatoms. The molecule has 20 heavy (non-hydrogen) atoms. The van der Waals surface area contributed by atoms with Crippen LogP contribution < -0.4 is 5.32 Å². The summed E-state index contributed by atoms with van der Waals surface area (Å²) in [5.41, 5.74) is 0.873. The molecule has 1 heterocycles. The van der Waals surface area contributed by atoms with Gasteiger partial charge in [-0.3, -0.25) is 0 Å². The zero-order chi connectivity index (χ0) is 14.4. The third-order valence-corrected chi connectivity index (χ3v) is 2.68. The van der Waals surface area contributed by atoms with Gasteiger partial charge in [-0.15, -0.1) is 6.58 Å². The van der Waals surface area contributed by atoms with E-state index >= 15 is 0 Å². The van der Waals surface area contributed by atoms with E-state index < -0.39 is 0 Å². The summed E-state index contributed by atoms with van der Waals surface area (Å²) >= 11 is 0. The second kappa shape index (κ2) is 6.51. The van der Waals surface area contributed by atoms with E-state index in [1.165, 1.54) is 4.90 Å². The van der Waals surface area contributed by atoms with Gasteiger partial charge in [-0.1, -0.05) is 41.6 Å². The van der Waals surface area contributed by atoms with Crippen LogP contribution in [0.2, 0.25) is 0 Å². The molecule has 6 nitrogen and oxygen atoms in total. The number of hydrogen-bond acceptors (Lipinski definition) is 4. The normalized spacial score (nSPS) is 10.1. The number of nitrogens with zero attached hydrogens (tertiary/aromatic N) is 3. The highest BCUT2D eigenvalue weighted by molar-refractivity contribution is 5.73. The Balaban J connectivity index is 2.12. The predicted octanol–water partition coefficient (Wildman–Crippen LogP) is 2.06. The van der Waals surface area contributed by atoms with Crippen molar-refractivity contribution in [3.05, 3.63) is 48.9 Å². The summed E-state index contributed by atoms with van der Waals surface area (Å²) in [6.45, 7) is 4.27. The molecular weight excluding hydrogens is 256 g/mol. The summed E-state index contributed by atoms with van der Waals surface area (Å²) in [7, 11) is 1.57. The van der Waals surface area contributed by atoms with Gasteiger partial charge in [0.15, 0.2) is 0 Å². The van der Waals surface area contributed by atoms with E-state index in [-0.39, 0.29) is 12.6 Å². The number of carbonyl (C=O) groups excluding carboxylic acids is 1. The first-order valence-corrected chi connectivity index (χ1v) is 6.20. The molecular formula is C14H16N4O2. The van der Waals surface area contributed by atoms with Gasteiger partial charge in [0.05, 0.1) is 0 Å². The minimum atomic E-state index is -0.218. The van der Waals surface area contributed by atoms with E-state index in [2.05, 4.69) is 22.0 Å². The fraction of sp³-hybridized carbons (Fsp3) is 0.214. The van der Waals surface area contributed by atoms with Crippen LogP contribution in [0.4, 0.5) is 4.79 Å². The maximum atomic E-state index is 11.7. The summed E-state index contributed by atoms with van der Waals surface area (Å²) in [6.07, 6.45) is 1.64. The van der Waals surface area contributed by atoms with Crippen LogP contribution in [0.5, 0.6) is 0 Å². The van der Waals surface area contributed by atoms with Gasteiger partial charge < -0.3 is 14.7 Å². The molecule has 0 aliphatic carbocycles. The van der Waals surface area contributed by atoms with Crippen molar-refractivity contribution < 1.29 is 9.32 Å². The Kier molecular flexibility index (Phi) is 4.49. The van der Waals surface area contributed by atoms with Gasteiger partial charge >= 0.3 is 6.03 Å². The molecule has 0 aliphatic heterocycles. The molecule has 0 fully saturated rings. The van der Waals surface area contributed by atoms with Gasteiger partial charge in [-0.05, 0) is 0 Å². The molecule has 0 aliphatic rings. The van der Waals surface area contributed by atoms with Crippen LogP contribution >= 0.6 is 0 Å². The second-order valence-electron chi connectivity index (χ2n) is 4.10. The first-order valence-electron chi connectivity index (χ1n) is 6.20.